The number of nitrogens with two attached hydrogens (primary N) is 1. The van der Waals surface area contributed by atoms with Crippen LogP contribution in [0.15, 0.2) is 24.3 Å². The zero-order valence-corrected chi connectivity index (χ0v) is 8.90. The summed E-state index contributed by atoms with van der Waals surface area (Å²) in [6, 6.07) is 7.05. The maximum Gasteiger partial charge on any atom is 0.145 e. The number of H-pyrrole nitrogens is 1. The van der Waals surface area contributed by atoms with Gasteiger partial charge in [-0.15, -0.1) is 0 Å². The molecule has 0 fully saturated rings. The lowest BCUT2D eigenvalue weighted by Gasteiger charge is -2.05. The number of phenolic OH excluding ortho intramolecular Hbond substituents is 1. The first-order chi connectivity index (χ1) is 7.70. The summed E-state index contributed by atoms with van der Waals surface area (Å²) in [4.78, 5) is 0. The van der Waals surface area contributed by atoms with Gasteiger partial charge in [-0.1, -0.05) is 12.1 Å². The van der Waals surface area contributed by atoms with E-state index in [0.29, 0.717) is 12.4 Å². The number of benzene rings is 1. The van der Waals surface area contributed by atoms with Crippen molar-refractivity contribution in [2.45, 2.75) is 6.61 Å². The van der Waals surface area contributed by atoms with Gasteiger partial charge in [0.15, 0.2) is 0 Å². The molecule has 5 nitrogen and oxygen atoms in total. The number of phenols is 1. The molecule has 0 aliphatic heterocycles. The third-order valence-corrected chi connectivity index (χ3v) is 2.29. The summed E-state index contributed by atoms with van der Waals surface area (Å²) >= 11 is 0. The highest BCUT2D eigenvalue weighted by atomic mass is 16.5. The summed E-state index contributed by atoms with van der Waals surface area (Å²) < 4.78 is 4.96. The summed E-state index contributed by atoms with van der Waals surface area (Å²) in [5.74, 6) is 0.628. The molecule has 0 spiro atoms. The Morgan fingerprint density at radius 2 is 2.25 bits per heavy atom. The lowest BCUT2D eigenvalue weighted by molar-refractivity contribution is 0.182. The van der Waals surface area contributed by atoms with Crippen molar-refractivity contribution in [3.63, 3.8) is 0 Å². The largest absolute Gasteiger partial charge is 0.508 e. The number of aromatic nitrogens is 2. The molecule has 0 aliphatic carbocycles. The first-order valence-electron chi connectivity index (χ1n) is 4.83. The minimum absolute atomic E-state index is 0.201. The van der Waals surface area contributed by atoms with E-state index in [1.54, 1.807) is 19.2 Å². The van der Waals surface area contributed by atoms with Crippen LogP contribution in [0.1, 0.15) is 5.56 Å². The van der Waals surface area contributed by atoms with Crippen molar-refractivity contribution in [1.82, 2.24) is 10.2 Å². The molecule has 1 aromatic heterocycles. The van der Waals surface area contributed by atoms with E-state index in [9.17, 15) is 5.11 Å². The fourth-order valence-corrected chi connectivity index (χ4v) is 1.49. The molecule has 4 N–H and O–H groups in total. The Labute approximate surface area is 92.9 Å². The molecular weight excluding hydrogens is 206 g/mol. The fraction of sp³-hybridized carbons (Fsp3) is 0.182. The van der Waals surface area contributed by atoms with E-state index in [1.165, 1.54) is 0 Å². The number of aromatic hydroxyl groups is 1. The van der Waals surface area contributed by atoms with Gasteiger partial charge >= 0.3 is 0 Å². The van der Waals surface area contributed by atoms with Crippen molar-refractivity contribution in [3.05, 3.63) is 29.8 Å². The summed E-state index contributed by atoms with van der Waals surface area (Å²) in [7, 11) is 1.59. The second-order valence-electron chi connectivity index (χ2n) is 3.48. The van der Waals surface area contributed by atoms with Gasteiger partial charge in [0.05, 0.1) is 12.3 Å². The van der Waals surface area contributed by atoms with Gasteiger partial charge in [0.1, 0.15) is 11.6 Å². The van der Waals surface area contributed by atoms with Gasteiger partial charge in [0, 0.05) is 24.3 Å². The summed E-state index contributed by atoms with van der Waals surface area (Å²) in [5.41, 5.74) is 7.87. The van der Waals surface area contributed by atoms with Crippen molar-refractivity contribution in [2.75, 3.05) is 12.8 Å². The molecule has 0 saturated carbocycles. The third kappa shape index (κ3) is 1.99. The number of methoxy groups -OCH3 is 1. The maximum atomic E-state index is 9.75. The first kappa shape index (κ1) is 10.5. The van der Waals surface area contributed by atoms with Crippen molar-refractivity contribution in [1.29, 1.82) is 0 Å². The SMILES string of the molecule is COCc1ccc(-c2cc(N)n[nH]2)cc1O. The minimum Gasteiger partial charge on any atom is -0.508 e. The normalized spacial score (nSPS) is 10.6. The molecule has 5 heteroatoms. The molecule has 2 rings (SSSR count). The zero-order chi connectivity index (χ0) is 11.5. The summed E-state index contributed by atoms with van der Waals surface area (Å²) in [6.07, 6.45) is 0. The molecule has 1 heterocycles. The number of nitrogen functional groups attached to an aromatic ring is 1. The van der Waals surface area contributed by atoms with Crippen molar-refractivity contribution in [2.24, 2.45) is 0 Å². The molecule has 0 bridgehead atoms. The third-order valence-electron chi connectivity index (χ3n) is 2.29. The lowest BCUT2D eigenvalue weighted by atomic mass is 10.1. The summed E-state index contributed by atoms with van der Waals surface area (Å²) in [5, 5.41) is 16.4. The highest BCUT2D eigenvalue weighted by Crippen LogP contribution is 2.26. The molecule has 16 heavy (non-hydrogen) atoms. The number of nitrogens with one attached hydrogen (secondary N) is 1. The Kier molecular flexibility index (Phi) is 2.78. The topological polar surface area (TPSA) is 84.2 Å². The van der Waals surface area contributed by atoms with E-state index >= 15 is 0 Å². The van der Waals surface area contributed by atoms with Crippen LogP contribution in [0.3, 0.4) is 0 Å². The van der Waals surface area contributed by atoms with Crippen LogP contribution < -0.4 is 5.73 Å². The molecule has 2 aromatic rings. The van der Waals surface area contributed by atoms with Crippen LogP contribution in [-0.4, -0.2) is 22.4 Å². The van der Waals surface area contributed by atoms with Gasteiger partial charge in [-0.05, 0) is 6.07 Å². The van der Waals surface area contributed by atoms with Crippen LogP contribution in [0, 0.1) is 0 Å². The van der Waals surface area contributed by atoms with E-state index in [2.05, 4.69) is 10.2 Å². The van der Waals surface area contributed by atoms with Gasteiger partial charge in [0.25, 0.3) is 0 Å². The predicted octanol–water partition coefficient (Wildman–Crippen LogP) is 1.51. The Morgan fingerprint density at radius 3 is 2.81 bits per heavy atom. The Bertz CT molecular complexity index is 494. The number of rotatable bonds is 3. The molecule has 0 aliphatic rings. The highest BCUT2D eigenvalue weighted by Gasteiger charge is 2.06. The zero-order valence-electron chi connectivity index (χ0n) is 8.90. The van der Waals surface area contributed by atoms with E-state index in [-0.39, 0.29) is 5.75 Å². The van der Waals surface area contributed by atoms with Gasteiger partial charge < -0.3 is 15.6 Å². The average Bonchev–Trinajstić information content (AvgIpc) is 2.68. The van der Waals surface area contributed by atoms with Gasteiger partial charge in [-0.3, -0.25) is 5.10 Å². The van der Waals surface area contributed by atoms with Crippen molar-refractivity contribution < 1.29 is 9.84 Å². The second kappa shape index (κ2) is 4.24. The number of nitrogens with zero attached hydrogens (tertiary/aromatic N) is 1. The fourth-order valence-electron chi connectivity index (χ4n) is 1.49. The van der Waals surface area contributed by atoms with Crippen LogP contribution in [0.5, 0.6) is 5.75 Å². The molecule has 0 atom stereocenters. The first-order valence-corrected chi connectivity index (χ1v) is 4.83. The number of ether oxygens (including phenoxy) is 1. The van der Waals surface area contributed by atoms with Crippen LogP contribution in [0.4, 0.5) is 5.82 Å². The van der Waals surface area contributed by atoms with Crippen LogP contribution >= 0.6 is 0 Å². The Hall–Kier alpha value is -2.01. The molecule has 0 radical (unpaired) electrons. The molecule has 84 valence electrons. The quantitative estimate of drug-likeness (QED) is 0.730. The average molecular weight is 219 g/mol. The lowest BCUT2D eigenvalue weighted by Crippen LogP contribution is -1.88. The summed E-state index contributed by atoms with van der Waals surface area (Å²) in [6.45, 7) is 0.386. The molecular formula is C11H13N3O2. The van der Waals surface area contributed by atoms with Crippen molar-refractivity contribution in [3.8, 4) is 17.0 Å². The Balaban J connectivity index is 2.34. The second-order valence-corrected chi connectivity index (χ2v) is 3.48. The minimum atomic E-state index is 0.201. The number of hydrogen-bond donors (Lipinski definition) is 3. The van der Waals surface area contributed by atoms with Gasteiger partial charge in [-0.2, -0.15) is 5.10 Å². The molecule has 0 saturated heterocycles. The van der Waals surface area contributed by atoms with Crippen LogP contribution in [-0.2, 0) is 11.3 Å². The monoisotopic (exact) mass is 219 g/mol. The molecule has 1 aromatic carbocycles. The van der Waals surface area contributed by atoms with Crippen LogP contribution in [0.25, 0.3) is 11.3 Å². The maximum absolute atomic E-state index is 9.75. The van der Waals surface area contributed by atoms with Crippen molar-refractivity contribution >= 4 is 5.82 Å². The number of aromatic amines is 1. The van der Waals surface area contributed by atoms with E-state index in [4.69, 9.17) is 10.5 Å². The van der Waals surface area contributed by atoms with E-state index in [1.807, 2.05) is 12.1 Å². The smallest absolute Gasteiger partial charge is 0.145 e. The van der Waals surface area contributed by atoms with Crippen LogP contribution in [0.2, 0.25) is 0 Å². The standard InChI is InChI=1S/C11H13N3O2/c1-16-6-8-3-2-7(4-10(8)15)9-5-11(12)14-13-9/h2-5,15H,6H2,1H3,(H3,12,13,14). The van der Waals surface area contributed by atoms with Gasteiger partial charge in [0.2, 0.25) is 0 Å². The van der Waals surface area contributed by atoms with E-state index < -0.39 is 0 Å². The van der Waals surface area contributed by atoms with E-state index in [0.717, 1.165) is 16.8 Å². The molecule has 0 unspecified atom stereocenters. The molecule has 0 amide bonds. The highest BCUT2D eigenvalue weighted by molar-refractivity contribution is 5.64. The number of anilines is 1. The Morgan fingerprint density at radius 1 is 1.44 bits per heavy atom. The number of hydrogen-bond acceptors (Lipinski definition) is 4. The predicted molar refractivity (Wildman–Crippen MR) is 60.8 cm³/mol. The van der Waals surface area contributed by atoms with Gasteiger partial charge in [-0.25, -0.2) is 0 Å².